The highest BCUT2D eigenvalue weighted by atomic mass is 79.9. The van der Waals surface area contributed by atoms with Gasteiger partial charge in [-0.2, -0.15) is 0 Å². The van der Waals surface area contributed by atoms with Crippen LogP contribution in [0.1, 0.15) is 32.7 Å². The molecule has 0 radical (unpaired) electrons. The third-order valence-corrected chi connectivity index (χ3v) is 7.53. The summed E-state index contributed by atoms with van der Waals surface area (Å²) in [6.07, 6.45) is 0.198. The van der Waals surface area contributed by atoms with Gasteiger partial charge in [0, 0.05) is 34.6 Å². The van der Waals surface area contributed by atoms with Gasteiger partial charge in [0.15, 0.2) is 5.78 Å². The van der Waals surface area contributed by atoms with E-state index in [0.29, 0.717) is 16.5 Å². The van der Waals surface area contributed by atoms with Gasteiger partial charge in [-0.1, -0.05) is 40.2 Å². The molecule has 2 fully saturated rings. The second-order valence-corrected chi connectivity index (χ2v) is 10.5. The minimum absolute atomic E-state index is 0.128. The zero-order chi connectivity index (χ0) is 27.7. The van der Waals surface area contributed by atoms with E-state index in [4.69, 9.17) is 0 Å². The summed E-state index contributed by atoms with van der Waals surface area (Å²) in [6.45, 7) is 0.0657. The van der Waals surface area contributed by atoms with Crippen molar-refractivity contribution < 1.29 is 28.0 Å². The average molecular weight is 596 g/mol. The highest BCUT2D eigenvalue weighted by Crippen LogP contribution is 2.31. The van der Waals surface area contributed by atoms with Crippen molar-refractivity contribution >= 4 is 39.4 Å². The molecule has 2 saturated heterocycles. The molecule has 5 rings (SSSR count). The minimum Gasteiger partial charge on any atom is -0.340 e. The number of Topliss-reactive ketones (excluding diaryl/α,β-unsaturated/α-hetero) is 1. The Morgan fingerprint density at radius 2 is 1.62 bits per heavy atom. The SMILES string of the molecule is O=C(N[C@@H](Cc1cc(F)cc(F)c1)C(=O)N1CCC2[C@H]1C(=O)CN2C(=O)c1ccccc1)c1cccc(Br)c1. The maximum absolute atomic E-state index is 13.9. The molecule has 0 aromatic heterocycles. The molecule has 1 N–H and O–H groups in total. The maximum atomic E-state index is 13.9. The van der Waals surface area contributed by atoms with Gasteiger partial charge in [0.2, 0.25) is 5.91 Å². The van der Waals surface area contributed by atoms with Crippen LogP contribution in [-0.4, -0.2) is 64.5 Å². The first kappa shape index (κ1) is 26.7. The van der Waals surface area contributed by atoms with E-state index in [2.05, 4.69) is 21.2 Å². The van der Waals surface area contributed by atoms with E-state index >= 15 is 0 Å². The van der Waals surface area contributed by atoms with Crippen molar-refractivity contribution in [2.75, 3.05) is 13.1 Å². The molecule has 0 bridgehead atoms. The summed E-state index contributed by atoms with van der Waals surface area (Å²) in [4.78, 5) is 56.0. The summed E-state index contributed by atoms with van der Waals surface area (Å²) in [5.74, 6) is -3.29. The van der Waals surface area contributed by atoms with Gasteiger partial charge in [-0.25, -0.2) is 8.78 Å². The number of benzene rings is 3. The Bertz CT molecular complexity index is 1430. The van der Waals surface area contributed by atoms with Crippen molar-refractivity contribution in [2.45, 2.75) is 31.0 Å². The fraction of sp³-hybridized carbons (Fsp3) is 0.241. The van der Waals surface area contributed by atoms with Crippen molar-refractivity contribution in [2.24, 2.45) is 0 Å². The molecule has 3 aromatic rings. The van der Waals surface area contributed by atoms with Gasteiger partial charge in [0.1, 0.15) is 23.7 Å². The standard InChI is InChI=1S/C29H24BrF2N3O4/c30-20-8-4-7-19(14-20)27(37)33-23(13-17-11-21(31)15-22(32)12-17)29(39)34-10-9-24-26(34)25(36)16-35(24)28(38)18-5-2-1-3-6-18/h1-8,11-12,14-15,23-24,26H,9-10,13,16H2,(H,33,37)/t23-,24?,26-/m0/s1. The topological polar surface area (TPSA) is 86.8 Å². The summed E-state index contributed by atoms with van der Waals surface area (Å²) in [5.41, 5.74) is 0.904. The highest BCUT2D eigenvalue weighted by Gasteiger charge is 2.52. The summed E-state index contributed by atoms with van der Waals surface area (Å²) >= 11 is 3.31. The van der Waals surface area contributed by atoms with Crippen molar-refractivity contribution in [3.63, 3.8) is 0 Å². The lowest BCUT2D eigenvalue weighted by molar-refractivity contribution is -0.138. The van der Waals surface area contributed by atoms with Gasteiger partial charge < -0.3 is 15.1 Å². The van der Waals surface area contributed by atoms with Crippen LogP contribution in [0.4, 0.5) is 8.78 Å². The number of fused-ring (bicyclic) bond motifs is 1. The number of halogens is 3. The Morgan fingerprint density at radius 3 is 2.31 bits per heavy atom. The summed E-state index contributed by atoms with van der Waals surface area (Å²) in [5, 5.41) is 2.69. The fourth-order valence-corrected chi connectivity index (χ4v) is 5.72. The van der Waals surface area contributed by atoms with Crippen molar-refractivity contribution in [3.05, 3.63) is 106 Å². The average Bonchev–Trinajstić information content (AvgIpc) is 3.48. The number of hydrogen-bond donors (Lipinski definition) is 1. The first-order chi connectivity index (χ1) is 18.7. The fourth-order valence-electron chi connectivity index (χ4n) is 5.32. The number of carbonyl (C=O) groups is 4. The molecule has 10 heteroatoms. The molecule has 3 aromatic carbocycles. The van der Waals surface area contributed by atoms with Gasteiger partial charge in [0.25, 0.3) is 11.8 Å². The van der Waals surface area contributed by atoms with E-state index in [-0.39, 0.29) is 42.3 Å². The summed E-state index contributed by atoms with van der Waals surface area (Å²) in [7, 11) is 0. The van der Waals surface area contributed by atoms with Gasteiger partial charge in [-0.05, 0) is 54.4 Å². The van der Waals surface area contributed by atoms with Gasteiger partial charge in [-0.3, -0.25) is 19.2 Å². The Hall–Kier alpha value is -3.92. The lowest BCUT2D eigenvalue weighted by Gasteiger charge is -2.28. The number of nitrogens with one attached hydrogen (secondary N) is 1. The molecular weight excluding hydrogens is 572 g/mol. The quantitative estimate of drug-likeness (QED) is 0.470. The Kier molecular flexibility index (Phi) is 7.56. The van der Waals surface area contributed by atoms with Crippen LogP contribution in [-0.2, 0) is 16.0 Å². The van der Waals surface area contributed by atoms with E-state index in [1.54, 1.807) is 54.6 Å². The molecule has 3 amide bonds. The number of carbonyl (C=O) groups excluding carboxylic acids is 4. The van der Waals surface area contributed by atoms with E-state index in [1.165, 1.54) is 9.80 Å². The number of rotatable bonds is 6. The molecular formula is C29H24BrF2N3O4. The zero-order valence-corrected chi connectivity index (χ0v) is 22.2. The van der Waals surface area contributed by atoms with Crippen LogP contribution >= 0.6 is 15.9 Å². The molecule has 0 aliphatic carbocycles. The molecule has 3 atom stereocenters. The number of amides is 3. The van der Waals surface area contributed by atoms with Gasteiger partial charge in [-0.15, -0.1) is 0 Å². The van der Waals surface area contributed by atoms with Crippen LogP contribution in [0.15, 0.2) is 77.3 Å². The molecule has 2 aliphatic rings. The van der Waals surface area contributed by atoms with Crippen LogP contribution in [0.3, 0.4) is 0 Å². The molecule has 1 unspecified atom stereocenters. The summed E-state index contributed by atoms with van der Waals surface area (Å²) < 4.78 is 28.5. The lowest BCUT2D eigenvalue weighted by atomic mass is 10.0. The molecule has 2 heterocycles. The van der Waals surface area contributed by atoms with E-state index in [9.17, 15) is 28.0 Å². The zero-order valence-electron chi connectivity index (χ0n) is 20.6. The molecule has 7 nitrogen and oxygen atoms in total. The summed E-state index contributed by atoms with van der Waals surface area (Å²) in [6, 6.07) is 15.5. The second kappa shape index (κ2) is 11.1. The molecule has 2 aliphatic heterocycles. The Balaban J connectivity index is 1.40. The predicted molar refractivity (Wildman–Crippen MR) is 142 cm³/mol. The van der Waals surface area contributed by atoms with Crippen LogP contribution in [0.2, 0.25) is 0 Å². The second-order valence-electron chi connectivity index (χ2n) is 9.62. The molecule has 0 spiro atoms. The van der Waals surface area contributed by atoms with E-state index < -0.39 is 41.6 Å². The highest BCUT2D eigenvalue weighted by molar-refractivity contribution is 9.10. The number of likely N-dealkylation sites (tertiary alicyclic amines) is 2. The molecule has 39 heavy (non-hydrogen) atoms. The minimum atomic E-state index is -1.21. The molecule has 200 valence electrons. The number of nitrogens with zero attached hydrogens (tertiary/aromatic N) is 2. The van der Waals surface area contributed by atoms with Crippen LogP contribution in [0.5, 0.6) is 0 Å². The third kappa shape index (κ3) is 5.61. The molecule has 0 saturated carbocycles. The van der Waals surface area contributed by atoms with Crippen molar-refractivity contribution in [3.8, 4) is 0 Å². The maximum Gasteiger partial charge on any atom is 0.254 e. The smallest absolute Gasteiger partial charge is 0.254 e. The number of hydrogen-bond acceptors (Lipinski definition) is 4. The predicted octanol–water partition coefficient (Wildman–Crippen LogP) is 3.76. The van der Waals surface area contributed by atoms with Crippen LogP contribution in [0, 0.1) is 11.6 Å². The van der Waals surface area contributed by atoms with Gasteiger partial charge >= 0.3 is 0 Å². The van der Waals surface area contributed by atoms with Crippen LogP contribution < -0.4 is 5.32 Å². The Labute approximate surface area is 231 Å². The lowest BCUT2D eigenvalue weighted by Crippen LogP contribution is -2.53. The van der Waals surface area contributed by atoms with E-state index in [1.807, 2.05) is 0 Å². The van der Waals surface area contributed by atoms with Crippen molar-refractivity contribution in [1.29, 1.82) is 0 Å². The van der Waals surface area contributed by atoms with E-state index in [0.717, 1.165) is 18.2 Å². The first-order valence-corrected chi connectivity index (χ1v) is 13.2. The third-order valence-electron chi connectivity index (χ3n) is 7.04. The Morgan fingerprint density at radius 1 is 0.923 bits per heavy atom. The normalized spacial score (nSPS) is 19.1. The first-order valence-electron chi connectivity index (χ1n) is 12.4. The monoisotopic (exact) mass is 595 g/mol. The largest absolute Gasteiger partial charge is 0.340 e. The van der Waals surface area contributed by atoms with Crippen LogP contribution in [0.25, 0.3) is 0 Å². The van der Waals surface area contributed by atoms with Gasteiger partial charge in [0.05, 0.1) is 12.6 Å². The number of ketones is 1. The van der Waals surface area contributed by atoms with Crippen molar-refractivity contribution in [1.82, 2.24) is 15.1 Å².